The predicted octanol–water partition coefficient (Wildman–Crippen LogP) is 3.31. The van der Waals surface area contributed by atoms with E-state index in [4.69, 9.17) is 11.6 Å². The van der Waals surface area contributed by atoms with Gasteiger partial charge in [-0.15, -0.1) is 11.6 Å². The van der Waals surface area contributed by atoms with E-state index in [9.17, 15) is 0 Å². The van der Waals surface area contributed by atoms with Crippen molar-refractivity contribution >= 4 is 28.3 Å². The van der Waals surface area contributed by atoms with Crippen LogP contribution in [0.25, 0.3) is 10.9 Å². The van der Waals surface area contributed by atoms with E-state index in [1.807, 2.05) is 24.3 Å². The van der Waals surface area contributed by atoms with Crippen molar-refractivity contribution in [3.05, 3.63) is 30.6 Å². The van der Waals surface area contributed by atoms with Gasteiger partial charge in [0, 0.05) is 17.8 Å². The van der Waals surface area contributed by atoms with Crippen LogP contribution in [0.2, 0.25) is 0 Å². The van der Waals surface area contributed by atoms with Crippen molar-refractivity contribution in [3.63, 3.8) is 0 Å². The monoisotopic (exact) mass is 249 g/mol. The first-order valence-corrected chi connectivity index (χ1v) is 6.15. The Morgan fingerprint density at radius 3 is 2.76 bits per heavy atom. The van der Waals surface area contributed by atoms with E-state index < -0.39 is 0 Å². The molecule has 2 aromatic rings. The lowest BCUT2D eigenvalue weighted by atomic mass is 9.96. The van der Waals surface area contributed by atoms with Gasteiger partial charge in [-0.05, 0) is 17.5 Å². The zero-order chi connectivity index (χ0) is 12.3. The minimum atomic E-state index is 0.0492. The molecule has 0 bridgehead atoms. The Hall–Kier alpha value is -1.35. The molecular formula is C13H16ClN3. The van der Waals surface area contributed by atoms with Crippen LogP contribution in [0.3, 0.4) is 0 Å². The SMILES string of the molecule is CC(C)(CCl)CNc1ncnc2ccccc12. The summed E-state index contributed by atoms with van der Waals surface area (Å²) < 4.78 is 0. The molecule has 0 radical (unpaired) electrons. The number of alkyl halides is 1. The molecular weight excluding hydrogens is 234 g/mol. The summed E-state index contributed by atoms with van der Waals surface area (Å²) in [4.78, 5) is 8.51. The van der Waals surface area contributed by atoms with Gasteiger partial charge in [-0.1, -0.05) is 26.0 Å². The van der Waals surface area contributed by atoms with Gasteiger partial charge in [0.2, 0.25) is 0 Å². The highest BCUT2D eigenvalue weighted by atomic mass is 35.5. The van der Waals surface area contributed by atoms with E-state index in [1.165, 1.54) is 0 Å². The largest absolute Gasteiger partial charge is 0.369 e. The van der Waals surface area contributed by atoms with Crippen LogP contribution in [0.1, 0.15) is 13.8 Å². The number of rotatable bonds is 4. The fourth-order valence-electron chi connectivity index (χ4n) is 1.52. The highest BCUT2D eigenvalue weighted by Crippen LogP contribution is 2.22. The molecule has 90 valence electrons. The van der Waals surface area contributed by atoms with E-state index >= 15 is 0 Å². The summed E-state index contributed by atoms with van der Waals surface area (Å²) in [6.07, 6.45) is 1.58. The Bertz CT molecular complexity index is 505. The van der Waals surface area contributed by atoms with Crippen LogP contribution in [0.15, 0.2) is 30.6 Å². The molecule has 3 nitrogen and oxygen atoms in total. The fraction of sp³-hybridized carbons (Fsp3) is 0.385. The summed E-state index contributed by atoms with van der Waals surface area (Å²) in [6.45, 7) is 5.03. The normalized spacial score (nSPS) is 11.7. The number of nitrogens with one attached hydrogen (secondary N) is 1. The Kier molecular flexibility index (Phi) is 3.48. The van der Waals surface area contributed by atoms with E-state index in [0.29, 0.717) is 5.88 Å². The number of para-hydroxylation sites is 1. The average molecular weight is 250 g/mol. The maximum Gasteiger partial charge on any atom is 0.137 e. The number of hydrogen-bond donors (Lipinski definition) is 1. The van der Waals surface area contributed by atoms with Gasteiger partial charge in [-0.3, -0.25) is 0 Å². The van der Waals surface area contributed by atoms with Crippen molar-refractivity contribution in [3.8, 4) is 0 Å². The Morgan fingerprint density at radius 2 is 2.00 bits per heavy atom. The molecule has 17 heavy (non-hydrogen) atoms. The van der Waals surface area contributed by atoms with Crippen molar-refractivity contribution < 1.29 is 0 Å². The molecule has 0 saturated heterocycles. The van der Waals surface area contributed by atoms with Crippen LogP contribution >= 0.6 is 11.6 Å². The second kappa shape index (κ2) is 4.88. The number of anilines is 1. The third-order valence-electron chi connectivity index (χ3n) is 2.64. The van der Waals surface area contributed by atoms with Gasteiger partial charge in [0.05, 0.1) is 5.52 Å². The molecule has 0 aliphatic carbocycles. The molecule has 0 aliphatic rings. The number of benzene rings is 1. The third kappa shape index (κ3) is 2.86. The highest BCUT2D eigenvalue weighted by Gasteiger charge is 2.16. The molecule has 1 aromatic heterocycles. The quantitative estimate of drug-likeness (QED) is 0.845. The van der Waals surface area contributed by atoms with Gasteiger partial charge < -0.3 is 5.32 Å². The van der Waals surface area contributed by atoms with Gasteiger partial charge in [-0.2, -0.15) is 0 Å². The third-order valence-corrected chi connectivity index (χ3v) is 3.36. The van der Waals surface area contributed by atoms with Crippen LogP contribution in [0.5, 0.6) is 0 Å². The van der Waals surface area contributed by atoms with Gasteiger partial charge in [0.1, 0.15) is 12.1 Å². The first-order valence-electron chi connectivity index (χ1n) is 5.62. The maximum absolute atomic E-state index is 5.90. The molecule has 0 amide bonds. The van der Waals surface area contributed by atoms with Crippen LogP contribution in [-0.2, 0) is 0 Å². The van der Waals surface area contributed by atoms with Gasteiger partial charge >= 0.3 is 0 Å². The van der Waals surface area contributed by atoms with Crippen LogP contribution in [-0.4, -0.2) is 22.4 Å². The maximum atomic E-state index is 5.90. The second-order valence-electron chi connectivity index (χ2n) is 4.89. The first kappa shape index (κ1) is 12.1. The van der Waals surface area contributed by atoms with Crippen molar-refractivity contribution in [2.45, 2.75) is 13.8 Å². The topological polar surface area (TPSA) is 37.8 Å². The molecule has 0 atom stereocenters. The fourth-order valence-corrected chi connectivity index (χ4v) is 1.61. The van der Waals surface area contributed by atoms with Gasteiger partial charge in [0.15, 0.2) is 0 Å². The van der Waals surface area contributed by atoms with Gasteiger partial charge in [-0.25, -0.2) is 9.97 Å². The molecule has 4 heteroatoms. The molecule has 0 fully saturated rings. The second-order valence-corrected chi connectivity index (χ2v) is 5.16. The highest BCUT2D eigenvalue weighted by molar-refractivity contribution is 6.18. The standard InChI is InChI=1S/C13H16ClN3/c1-13(2,7-14)8-15-12-10-5-3-4-6-11(10)16-9-17-12/h3-6,9H,7-8H2,1-2H3,(H,15,16,17). The summed E-state index contributed by atoms with van der Waals surface area (Å²) in [5.41, 5.74) is 1.00. The molecule has 2 rings (SSSR count). The number of hydrogen-bond acceptors (Lipinski definition) is 3. The molecule has 0 spiro atoms. The van der Waals surface area contributed by atoms with Crippen LogP contribution in [0.4, 0.5) is 5.82 Å². The lowest BCUT2D eigenvalue weighted by Gasteiger charge is -2.22. The van der Waals surface area contributed by atoms with E-state index in [0.717, 1.165) is 23.3 Å². The summed E-state index contributed by atoms with van der Waals surface area (Å²) >= 11 is 5.90. The van der Waals surface area contributed by atoms with E-state index in [-0.39, 0.29) is 5.41 Å². The van der Waals surface area contributed by atoms with Crippen molar-refractivity contribution in [1.29, 1.82) is 0 Å². The minimum Gasteiger partial charge on any atom is -0.369 e. The molecule has 0 saturated carbocycles. The lowest BCUT2D eigenvalue weighted by Crippen LogP contribution is -2.25. The summed E-state index contributed by atoms with van der Waals surface area (Å²) in [7, 11) is 0. The first-order chi connectivity index (χ1) is 8.12. The Labute approximate surface area is 106 Å². The average Bonchev–Trinajstić information content (AvgIpc) is 2.36. The number of aromatic nitrogens is 2. The van der Waals surface area contributed by atoms with Crippen LogP contribution < -0.4 is 5.32 Å². The van der Waals surface area contributed by atoms with E-state index in [1.54, 1.807) is 6.33 Å². The molecule has 1 heterocycles. The number of nitrogens with zero attached hydrogens (tertiary/aromatic N) is 2. The summed E-state index contributed by atoms with van der Waals surface area (Å²) in [5, 5.41) is 4.39. The molecule has 0 unspecified atom stereocenters. The number of fused-ring (bicyclic) bond motifs is 1. The van der Waals surface area contributed by atoms with Crippen molar-refractivity contribution in [2.24, 2.45) is 5.41 Å². The minimum absolute atomic E-state index is 0.0492. The summed E-state index contributed by atoms with van der Waals surface area (Å²) in [6, 6.07) is 7.96. The zero-order valence-electron chi connectivity index (χ0n) is 10.1. The molecule has 0 aliphatic heterocycles. The predicted molar refractivity (Wildman–Crippen MR) is 72.5 cm³/mol. The molecule has 1 N–H and O–H groups in total. The van der Waals surface area contributed by atoms with Crippen molar-refractivity contribution in [2.75, 3.05) is 17.7 Å². The smallest absolute Gasteiger partial charge is 0.137 e. The summed E-state index contributed by atoms with van der Waals surface area (Å²) in [5.74, 6) is 1.48. The van der Waals surface area contributed by atoms with Gasteiger partial charge in [0.25, 0.3) is 0 Å². The lowest BCUT2D eigenvalue weighted by molar-refractivity contribution is 0.450. The van der Waals surface area contributed by atoms with Crippen molar-refractivity contribution in [1.82, 2.24) is 9.97 Å². The Balaban J connectivity index is 2.24. The molecule has 1 aromatic carbocycles. The zero-order valence-corrected chi connectivity index (χ0v) is 10.8. The number of halogens is 1. The van der Waals surface area contributed by atoms with E-state index in [2.05, 4.69) is 29.1 Å². The van der Waals surface area contributed by atoms with Crippen LogP contribution in [0, 0.1) is 5.41 Å². The Morgan fingerprint density at radius 1 is 1.24 bits per heavy atom.